The predicted molar refractivity (Wildman–Crippen MR) is 98.9 cm³/mol. The number of nitriles is 1. The maximum Gasteiger partial charge on any atom is 0.134 e. The van der Waals surface area contributed by atoms with Gasteiger partial charge in [0.15, 0.2) is 0 Å². The highest BCUT2D eigenvalue weighted by Gasteiger charge is 2.27. The fraction of sp³-hybridized carbons (Fsp3) is 0.500. The van der Waals surface area contributed by atoms with Crippen LogP contribution in [0.3, 0.4) is 0 Å². The Kier molecular flexibility index (Phi) is 4.05. The van der Waals surface area contributed by atoms with Crippen molar-refractivity contribution in [1.29, 1.82) is 5.26 Å². The number of rotatable bonds is 3. The Bertz CT molecular complexity index is 835. The fourth-order valence-corrected chi connectivity index (χ4v) is 4.81. The van der Waals surface area contributed by atoms with Crippen molar-refractivity contribution in [2.24, 2.45) is 0 Å². The number of hydrogen-bond donors (Lipinski definition) is 0. The lowest BCUT2D eigenvalue weighted by molar-refractivity contribution is 0.601. The second kappa shape index (κ2) is 6.22. The normalized spacial score (nSPS) is 17.8. The molecule has 0 N–H and O–H groups in total. The predicted octanol–water partition coefficient (Wildman–Crippen LogP) is 5.80. The minimum Gasteiger partial charge on any atom is -0.345 e. The lowest BCUT2D eigenvalue weighted by Crippen LogP contribution is -1.99. The Morgan fingerprint density at radius 3 is 2.67 bits per heavy atom. The zero-order valence-electron chi connectivity index (χ0n) is 14.4. The number of nitrogens with zero attached hydrogens (tertiary/aromatic N) is 3. The van der Waals surface area contributed by atoms with E-state index >= 15 is 0 Å². The van der Waals surface area contributed by atoms with Crippen LogP contribution in [0.15, 0.2) is 17.0 Å². The molecule has 0 unspecified atom stereocenters. The molecule has 0 atom stereocenters. The fourth-order valence-electron chi connectivity index (χ4n) is 3.95. The van der Waals surface area contributed by atoms with Crippen molar-refractivity contribution in [2.45, 2.75) is 64.8 Å². The van der Waals surface area contributed by atoms with E-state index in [0.717, 1.165) is 29.1 Å². The van der Waals surface area contributed by atoms with E-state index in [1.165, 1.54) is 54.6 Å². The molecule has 0 spiro atoms. The van der Waals surface area contributed by atoms with E-state index in [9.17, 15) is 5.26 Å². The minimum absolute atomic E-state index is 0.691. The molecule has 0 amide bonds. The van der Waals surface area contributed by atoms with E-state index < -0.39 is 0 Å². The van der Waals surface area contributed by atoms with Crippen molar-refractivity contribution in [3.8, 4) is 17.3 Å². The summed E-state index contributed by atoms with van der Waals surface area (Å²) in [6, 6.07) is 5.38. The first-order valence-electron chi connectivity index (χ1n) is 8.96. The summed E-state index contributed by atoms with van der Waals surface area (Å²) in [5.41, 5.74) is 7.04. The molecule has 2 aliphatic carbocycles. The molecule has 4 heteroatoms. The van der Waals surface area contributed by atoms with Crippen molar-refractivity contribution in [2.75, 3.05) is 0 Å². The second-order valence-corrected chi connectivity index (χ2v) is 7.93. The van der Waals surface area contributed by atoms with E-state index in [4.69, 9.17) is 4.98 Å². The van der Waals surface area contributed by atoms with Gasteiger partial charge in [-0.3, -0.25) is 0 Å². The van der Waals surface area contributed by atoms with Crippen molar-refractivity contribution in [3.05, 3.63) is 33.4 Å². The Morgan fingerprint density at radius 2 is 2.00 bits per heavy atom. The van der Waals surface area contributed by atoms with Crippen molar-refractivity contribution < 1.29 is 0 Å². The molecular weight excluding hydrogens is 314 g/mol. The minimum atomic E-state index is 0.691. The Labute approximate surface area is 147 Å². The number of hydrogen-bond acceptors (Lipinski definition) is 3. The highest BCUT2D eigenvalue weighted by Crippen LogP contribution is 2.41. The first-order chi connectivity index (χ1) is 11.7. The Morgan fingerprint density at radius 1 is 1.25 bits per heavy atom. The third kappa shape index (κ3) is 2.71. The van der Waals surface area contributed by atoms with Gasteiger partial charge < -0.3 is 4.57 Å². The van der Waals surface area contributed by atoms with E-state index in [1.54, 1.807) is 11.3 Å². The van der Waals surface area contributed by atoms with Gasteiger partial charge in [0.2, 0.25) is 0 Å². The number of aryl methyl sites for hydroxylation is 1. The van der Waals surface area contributed by atoms with Gasteiger partial charge in [-0.2, -0.15) is 5.26 Å². The maximum atomic E-state index is 9.65. The standard InChI is InChI=1S/C20H23N3S/c1-13-10-17(14(2)23(13)16-8-9-16)19-12-24-20(22-19)18(11-21)15-6-4-3-5-7-15/h10,12,16H,3-9H2,1-2H3. The molecule has 0 saturated heterocycles. The van der Waals surface area contributed by atoms with Crippen molar-refractivity contribution in [1.82, 2.24) is 9.55 Å². The van der Waals surface area contributed by atoms with Gasteiger partial charge in [-0.25, -0.2) is 4.98 Å². The van der Waals surface area contributed by atoms with Gasteiger partial charge in [-0.05, 0) is 64.0 Å². The number of thiazole rings is 1. The van der Waals surface area contributed by atoms with Crippen LogP contribution in [-0.2, 0) is 0 Å². The third-order valence-corrected chi connectivity index (χ3v) is 6.17. The van der Waals surface area contributed by atoms with Crippen LogP contribution in [0.1, 0.15) is 67.4 Å². The van der Waals surface area contributed by atoms with Crippen LogP contribution in [0.2, 0.25) is 0 Å². The molecule has 24 heavy (non-hydrogen) atoms. The lowest BCUT2D eigenvalue weighted by Gasteiger charge is -2.14. The average molecular weight is 337 g/mol. The lowest BCUT2D eigenvalue weighted by atomic mass is 9.91. The van der Waals surface area contributed by atoms with Crippen LogP contribution in [-0.4, -0.2) is 9.55 Å². The van der Waals surface area contributed by atoms with E-state index in [-0.39, 0.29) is 0 Å². The SMILES string of the molecule is Cc1cc(-c2csc(C(C#N)=C3CCCCC3)n2)c(C)n1C1CC1. The summed E-state index contributed by atoms with van der Waals surface area (Å²) >= 11 is 1.62. The molecule has 0 aliphatic heterocycles. The van der Waals surface area contributed by atoms with Crippen LogP contribution in [0.25, 0.3) is 16.8 Å². The smallest absolute Gasteiger partial charge is 0.134 e. The molecule has 2 saturated carbocycles. The van der Waals surface area contributed by atoms with E-state index in [2.05, 4.69) is 35.9 Å². The average Bonchev–Trinajstić information content (AvgIpc) is 3.23. The van der Waals surface area contributed by atoms with Crippen LogP contribution in [0, 0.1) is 25.2 Å². The molecule has 4 rings (SSSR count). The number of aromatic nitrogens is 2. The molecule has 124 valence electrons. The zero-order chi connectivity index (χ0) is 16.7. The molecule has 2 heterocycles. The first-order valence-corrected chi connectivity index (χ1v) is 9.84. The summed E-state index contributed by atoms with van der Waals surface area (Å²) in [6.45, 7) is 4.39. The molecule has 0 radical (unpaired) electrons. The van der Waals surface area contributed by atoms with Gasteiger partial charge in [0.25, 0.3) is 0 Å². The summed E-state index contributed by atoms with van der Waals surface area (Å²) in [5.74, 6) is 0. The van der Waals surface area contributed by atoms with Crippen molar-refractivity contribution >= 4 is 16.9 Å². The van der Waals surface area contributed by atoms with Gasteiger partial charge in [-0.1, -0.05) is 6.42 Å². The van der Waals surface area contributed by atoms with E-state index in [1.807, 2.05) is 0 Å². The molecule has 2 aromatic rings. The van der Waals surface area contributed by atoms with Gasteiger partial charge in [0.1, 0.15) is 11.1 Å². The molecule has 2 fully saturated rings. The summed E-state index contributed by atoms with van der Waals surface area (Å²) in [5, 5.41) is 12.7. The van der Waals surface area contributed by atoms with Crippen molar-refractivity contribution in [3.63, 3.8) is 0 Å². The van der Waals surface area contributed by atoms with Crippen LogP contribution in [0.5, 0.6) is 0 Å². The largest absolute Gasteiger partial charge is 0.345 e. The van der Waals surface area contributed by atoms with Gasteiger partial charge in [0.05, 0.1) is 11.3 Å². The topological polar surface area (TPSA) is 41.6 Å². The highest BCUT2D eigenvalue weighted by molar-refractivity contribution is 7.11. The molecule has 0 aromatic carbocycles. The molecule has 2 aromatic heterocycles. The highest BCUT2D eigenvalue weighted by atomic mass is 32.1. The second-order valence-electron chi connectivity index (χ2n) is 7.07. The first kappa shape index (κ1) is 15.7. The van der Waals surface area contributed by atoms with Crippen LogP contribution >= 0.6 is 11.3 Å². The third-order valence-electron chi connectivity index (χ3n) is 5.31. The maximum absolute atomic E-state index is 9.65. The zero-order valence-corrected chi connectivity index (χ0v) is 15.2. The number of allylic oxidation sites excluding steroid dienone is 2. The summed E-state index contributed by atoms with van der Waals surface area (Å²) < 4.78 is 2.46. The molecule has 3 nitrogen and oxygen atoms in total. The summed E-state index contributed by atoms with van der Waals surface area (Å²) in [7, 11) is 0. The Hall–Kier alpha value is -1.86. The monoisotopic (exact) mass is 337 g/mol. The quantitative estimate of drug-likeness (QED) is 0.664. The van der Waals surface area contributed by atoms with Gasteiger partial charge in [-0.15, -0.1) is 11.3 Å². The molecule has 0 bridgehead atoms. The van der Waals surface area contributed by atoms with Crippen LogP contribution < -0.4 is 0 Å². The Balaban J connectivity index is 1.70. The summed E-state index contributed by atoms with van der Waals surface area (Å²) in [6.07, 6.45) is 8.43. The van der Waals surface area contributed by atoms with Gasteiger partial charge >= 0.3 is 0 Å². The van der Waals surface area contributed by atoms with E-state index in [0.29, 0.717) is 6.04 Å². The van der Waals surface area contributed by atoms with Gasteiger partial charge in [0, 0.05) is 28.4 Å². The molecule has 2 aliphatic rings. The van der Waals surface area contributed by atoms with Crippen LogP contribution in [0.4, 0.5) is 0 Å². The summed E-state index contributed by atoms with van der Waals surface area (Å²) in [4.78, 5) is 4.85. The molecular formula is C20H23N3S.